The van der Waals surface area contributed by atoms with Crippen molar-refractivity contribution in [1.29, 1.82) is 0 Å². The third-order valence-electron chi connectivity index (χ3n) is 2.94. The lowest BCUT2D eigenvalue weighted by atomic mass is 10.2. The molecular weight excluding hydrogens is 260 g/mol. The summed E-state index contributed by atoms with van der Waals surface area (Å²) in [7, 11) is 1.29. The molecule has 0 saturated heterocycles. The maximum atomic E-state index is 11.5. The van der Waals surface area contributed by atoms with E-state index in [0.29, 0.717) is 24.8 Å². The lowest BCUT2D eigenvalue weighted by molar-refractivity contribution is -0.120. The number of rotatable bonds is 6. The molecule has 0 radical (unpaired) electrons. The van der Waals surface area contributed by atoms with E-state index in [0.717, 1.165) is 12.8 Å². The van der Waals surface area contributed by atoms with Crippen LogP contribution in [0.25, 0.3) is 0 Å². The summed E-state index contributed by atoms with van der Waals surface area (Å²) in [5.41, 5.74) is 6.16. The van der Waals surface area contributed by atoms with Gasteiger partial charge < -0.3 is 21.1 Å². The molecule has 0 aliphatic heterocycles. The molecule has 0 unspecified atom stereocenters. The predicted molar refractivity (Wildman–Crippen MR) is 74.3 cm³/mol. The first kappa shape index (κ1) is 14.1. The number of esters is 1. The number of methoxy groups -OCH3 is 1. The fourth-order valence-corrected chi connectivity index (χ4v) is 1.68. The minimum absolute atomic E-state index is 0.0173. The molecule has 1 fully saturated rings. The van der Waals surface area contributed by atoms with Gasteiger partial charge in [0.05, 0.1) is 24.6 Å². The monoisotopic (exact) mass is 278 g/mol. The summed E-state index contributed by atoms with van der Waals surface area (Å²) in [5, 5.41) is 5.88. The first-order valence-corrected chi connectivity index (χ1v) is 6.47. The number of nitrogens with two attached hydrogens (primary N) is 1. The first-order valence-electron chi connectivity index (χ1n) is 6.47. The van der Waals surface area contributed by atoms with Crippen LogP contribution in [0.2, 0.25) is 0 Å². The van der Waals surface area contributed by atoms with Crippen LogP contribution in [0.5, 0.6) is 0 Å². The number of carbonyl (C=O) groups is 2. The highest BCUT2D eigenvalue weighted by atomic mass is 16.5. The number of ether oxygens (including phenoxy) is 1. The van der Waals surface area contributed by atoms with E-state index in [1.54, 1.807) is 0 Å². The molecule has 20 heavy (non-hydrogen) atoms. The Kier molecular flexibility index (Phi) is 4.39. The Morgan fingerprint density at radius 3 is 2.90 bits per heavy atom. The van der Waals surface area contributed by atoms with Crippen molar-refractivity contribution in [2.75, 3.05) is 24.7 Å². The van der Waals surface area contributed by atoms with Gasteiger partial charge in [-0.3, -0.25) is 4.79 Å². The van der Waals surface area contributed by atoms with E-state index in [1.165, 1.54) is 19.4 Å². The molecule has 1 aromatic rings. The topological polar surface area (TPSA) is 106 Å². The summed E-state index contributed by atoms with van der Waals surface area (Å²) < 4.78 is 4.63. The van der Waals surface area contributed by atoms with E-state index in [9.17, 15) is 9.59 Å². The number of carbonyl (C=O) groups excluding carboxylic acids is 2. The highest BCUT2D eigenvalue weighted by molar-refractivity contribution is 5.95. The molecule has 7 heteroatoms. The molecule has 7 nitrogen and oxygen atoms in total. The van der Waals surface area contributed by atoms with Crippen molar-refractivity contribution in [3.63, 3.8) is 0 Å². The minimum atomic E-state index is -0.514. The number of amides is 1. The second-order valence-electron chi connectivity index (χ2n) is 4.67. The normalized spacial score (nSPS) is 13.7. The van der Waals surface area contributed by atoms with Crippen molar-refractivity contribution in [2.24, 2.45) is 0 Å². The van der Waals surface area contributed by atoms with E-state index in [2.05, 4.69) is 20.4 Å². The van der Waals surface area contributed by atoms with Gasteiger partial charge in [0.2, 0.25) is 5.91 Å². The number of nitrogens with zero attached hydrogens (tertiary/aromatic N) is 1. The summed E-state index contributed by atoms with van der Waals surface area (Å²) in [6.45, 7) is 0.441. The Bertz CT molecular complexity index is 514. The van der Waals surface area contributed by atoms with Gasteiger partial charge in [-0.25, -0.2) is 9.78 Å². The average Bonchev–Trinajstić information content (AvgIpc) is 3.23. The van der Waals surface area contributed by atoms with Crippen LogP contribution in [0.15, 0.2) is 12.3 Å². The lowest BCUT2D eigenvalue weighted by Gasteiger charge is -2.08. The van der Waals surface area contributed by atoms with Crippen LogP contribution in [-0.4, -0.2) is 36.6 Å². The Morgan fingerprint density at radius 2 is 2.25 bits per heavy atom. The van der Waals surface area contributed by atoms with E-state index < -0.39 is 5.97 Å². The Hall–Kier alpha value is -2.31. The SMILES string of the molecule is COC(=O)c1cc(NCCC(=O)NC2CC2)ncc1N. The molecule has 1 aliphatic rings. The summed E-state index contributed by atoms with van der Waals surface area (Å²) in [6, 6.07) is 1.88. The number of hydrogen-bond donors (Lipinski definition) is 3. The second kappa shape index (κ2) is 6.23. The highest BCUT2D eigenvalue weighted by Crippen LogP contribution is 2.18. The van der Waals surface area contributed by atoms with Crippen LogP contribution in [0.1, 0.15) is 29.6 Å². The highest BCUT2D eigenvalue weighted by Gasteiger charge is 2.22. The standard InChI is InChI=1S/C13H18N4O3/c1-20-13(19)9-6-11(16-7-10(9)14)15-5-4-12(18)17-8-2-3-8/h6-8H,2-5,14H2,1H3,(H,15,16)(H,17,18). The Labute approximate surface area is 116 Å². The van der Waals surface area contributed by atoms with Crippen molar-refractivity contribution < 1.29 is 14.3 Å². The van der Waals surface area contributed by atoms with Crippen LogP contribution >= 0.6 is 0 Å². The third kappa shape index (κ3) is 3.84. The number of hydrogen-bond acceptors (Lipinski definition) is 6. The molecule has 108 valence electrons. The van der Waals surface area contributed by atoms with Crippen LogP contribution in [0.3, 0.4) is 0 Å². The maximum absolute atomic E-state index is 11.5. The molecule has 1 aromatic heterocycles. The molecule has 0 spiro atoms. The summed E-state index contributed by atoms with van der Waals surface area (Å²) in [6.07, 6.45) is 3.89. The average molecular weight is 278 g/mol. The molecule has 1 saturated carbocycles. The van der Waals surface area contributed by atoms with Gasteiger partial charge in [-0.15, -0.1) is 0 Å². The summed E-state index contributed by atoms with van der Waals surface area (Å²) in [5.74, 6) is -0.0121. The van der Waals surface area contributed by atoms with Gasteiger partial charge in [-0.05, 0) is 18.9 Å². The van der Waals surface area contributed by atoms with Gasteiger partial charge >= 0.3 is 5.97 Å². The fourth-order valence-electron chi connectivity index (χ4n) is 1.68. The van der Waals surface area contributed by atoms with Gasteiger partial charge in [0.25, 0.3) is 0 Å². The number of nitrogens with one attached hydrogen (secondary N) is 2. The van der Waals surface area contributed by atoms with Gasteiger partial charge in [-0.2, -0.15) is 0 Å². The Balaban J connectivity index is 1.85. The van der Waals surface area contributed by atoms with Crippen LogP contribution < -0.4 is 16.4 Å². The zero-order valence-corrected chi connectivity index (χ0v) is 11.3. The van der Waals surface area contributed by atoms with Crippen LogP contribution in [0.4, 0.5) is 11.5 Å². The molecule has 4 N–H and O–H groups in total. The van der Waals surface area contributed by atoms with E-state index in [4.69, 9.17) is 5.73 Å². The number of nitrogen functional groups attached to an aromatic ring is 1. The van der Waals surface area contributed by atoms with Crippen molar-refractivity contribution in [1.82, 2.24) is 10.3 Å². The van der Waals surface area contributed by atoms with Crippen LogP contribution in [-0.2, 0) is 9.53 Å². The van der Waals surface area contributed by atoms with Gasteiger partial charge in [-0.1, -0.05) is 0 Å². The molecule has 1 aliphatic carbocycles. The summed E-state index contributed by atoms with van der Waals surface area (Å²) in [4.78, 5) is 27.0. The van der Waals surface area contributed by atoms with Crippen LogP contribution in [0, 0.1) is 0 Å². The van der Waals surface area contributed by atoms with E-state index in [-0.39, 0.29) is 17.2 Å². The molecule has 1 heterocycles. The first-order chi connectivity index (χ1) is 9.60. The minimum Gasteiger partial charge on any atom is -0.465 e. The zero-order valence-electron chi connectivity index (χ0n) is 11.3. The summed E-state index contributed by atoms with van der Waals surface area (Å²) >= 11 is 0. The van der Waals surface area contributed by atoms with Gasteiger partial charge in [0.1, 0.15) is 5.82 Å². The predicted octanol–water partition coefficient (Wildman–Crippen LogP) is 0.531. The quantitative estimate of drug-likeness (QED) is 0.655. The maximum Gasteiger partial charge on any atom is 0.340 e. The van der Waals surface area contributed by atoms with Crippen molar-refractivity contribution in [3.8, 4) is 0 Å². The molecule has 2 rings (SSSR count). The lowest BCUT2D eigenvalue weighted by Crippen LogP contribution is -2.27. The van der Waals surface area contributed by atoms with Gasteiger partial charge in [0.15, 0.2) is 0 Å². The van der Waals surface area contributed by atoms with E-state index in [1.807, 2.05) is 0 Å². The largest absolute Gasteiger partial charge is 0.465 e. The smallest absolute Gasteiger partial charge is 0.340 e. The van der Waals surface area contributed by atoms with Crippen molar-refractivity contribution >= 4 is 23.4 Å². The molecule has 0 aromatic carbocycles. The van der Waals surface area contributed by atoms with Gasteiger partial charge in [0, 0.05) is 19.0 Å². The molecule has 1 amide bonds. The van der Waals surface area contributed by atoms with Crippen molar-refractivity contribution in [2.45, 2.75) is 25.3 Å². The third-order valence-corrected chi connectivity index (χ3v) is 2.94. The van der Waals surface area contributed by atoms with E-state index >= 15 is 0 Å². The molecule has 0 atom stereocenters. The molecular formula is C13H18N4O3. The zero-order chi connectivity index (χ0) is 14.5. The Morgan fingerprint density at radius 1 is 1.50 bits per heavy atom. The number of aromatic nitrogens is 1. The number of anilines is 2. The van der Waals surface area contributed by atoms with Crippen molar-refractivity contribution in [3.05, 3.63) is 17.8 Å². The fraction of sp³-hybridized carbons (Fsp3) is 0.462. The number of pyridine rings is 1. The molecule has 0 bridgehead atoms. The second-order valence-corrected chi connectivity index (χ2v) is 4.67.